The van der Waals surface area contributed by atoms with Gasteiger partial charge in [0.1, 0.15) is 5.75 Å². The minimum Gasteiger partial charge on any atom is -0.496 e. The second-order valence-corrected chi connectivity index (χ2v) is 3.54. The van der Waals surface area contributed by atoms with Crippen LogP contribution < -0.4 is 10.6 Å². The van der Waals surface area contributed by atoms with Crippen LogP contribution in [0.1, 0.15) is 5.56 Å². The average molecular weight is 258 g/mol. The summed E-state index contributed by atoms with van der Waals surface area (Å²) in [6.07, 6.45) is 3.72. The van der Waals surface area contributed by atoms with Gasteiger partial charge in [0.15, 0.2) is 0 Å². The first-order valence-electron chi connectivity index (χ1n) is 4.09. The lowest BCUT2D eigenvalue weighted by atomic mass is 10.2. The topological polar surface area (TPSA) is 44.5 Å². The third-order valence-electron chi connectivity index (χ3n) is 1.68. The van der Waals surface area contributed by atoms with E-state index in [0.29, 0.717) is 6.61 Å². The molecule has 76 valence electrons. The second-order valence-electron chi connectivity index (χ2n) is 2.62. The van der Waals surface area contributed by atoms with Gasteiger partial charge in [-0.15, -0.1) is 0 Å². The van der Waals surface area contributed by atoms with Gasteiger partial charge >= 0.3 is 0 Å². The van der Waals surface area contributed by atoms with Crippen LogP contribution >= 0.6 is 15.9 Å². The van der Waals surface area contributed by atoms with Crippen LogP contribution in [0.25, 0.3) is 6.08 Å². The second kappa shape index (κ2) is 5.80. The van der Waals surface area contributed by atoms with Gasteiger partial charge in [0.05, 0.1) is 13.7 Å². The zero-order valence-electron chi connectivity index (χ0n) is 7.87. The third kappa shape index (κ3) is 3.14. The highest BCUT2D eigenvalue weighted by Crippen LogP contribution is 2.23. The molecular formula is C10H12BrNO2. The first-order chi connectivity index (χ1) is 6.77. The van der Waals surface area contributed by atoms with Crippen molar-refractivity contribution in [2.45, 2.75) is 0 Å². The molecule has 0 aromatic heterocycles. The predicted molar refractivity (Wildman–Crippen MR) is 59.9 cm³/mol. The van der Waals surface area contributed by atoms with E-state index in [4.69, 9.17) is 10.6 Å². The van der Waals surface area contributed by atoms with Crippen molar-refractivity contribution in [2.24, 2.45) is 5.90 Å². The first kappa shape index (κ1) is 11.2. The Kier molecular flexibility index (Phi) is 4.65. The van der Waals surface area contributed by atoms with Crippen molar-refractivity contribution in [2.75, 3.05) is 13.7 Å². The Hall–Kier alpha value is -0.840. The predicted octanol–water partition coefficient (Wildman–Crippen LogP) is 2.36. The SMILES string of the molecule is COc1ccc(Br)cc1/C=C/CON. The maximum Gasteiger partial charge on any atom is 0.126 e. The Bertz CT molecular complexity index is 326. The van der Waals surface area contributed by atoms with Gasteiger partial charge in [-0.3, -0.25) is 0 Å². The zero-order valence-corrected chi connectivity index (χ0v) is 9.45. The normalized spacial score (nSPS) is 10.8. The maximum atomic E-state index is 5.19. The van der Waals surface area contributed by atoms with E-state index in [1.165, 1.54) is 0 Å². The number of ether oxygens (including phenoxy) is 1. The largest absolute Gasteiger partial charge is 0.496 e. The van der Waals surface area contributed by atoms with E-state index in [-0.39, 0.29) is 0 Å². The molecule has 0 aliphatic rings. The van der Waals surface area contributed by atoms with Gasteiger partial charge in [-0.25, -0.2) is 5.90 Å². The molecular weight excluding hydrogens is 246 g/mol. The molecule has 0 aliphatic carbocycles. The Balaban J connectivity index is 2.87. The third-order valence-corrected chi connectivity index (χ3v) is 2.17. The molecule has 14 heavy (non-hydrogen) atoms. The van der Waals surface area contributed by atoms with Crippen LogP contribution in [0.2, 0.25) is 0 Å². The van der Waals surface area contributed by atoms with Crippen molar-refractivity contribution in [3.63, 3.8) is 0 Å². The fraction of sp³-hybridized carbons (Fsp3) is 0.200. The lowest BCUT2D eigenvalue weighted by Crippen LogP contribution is -1.97. The Labute approximate surface area is 91.6 Å². The number of rotatable bonds is 4. The van der Waals surface area contributed by atoms with Gasteiger partial charge in [0.2, 0.25) is 0 Å². The molecule has 0 amide bonds. The van der Waals surface area contributed by atoms with Gasteiger partial charge in [-0.1, -0.05) is 28.1 Å². The summed E-state index contributed by atoms with van der Waals surface area (Å²) in [7, 11) is 1.64. The van der Waals surface area contributed by atoms with Gasteiger partial charge in [-0.2, -0.15) is 0 Å². The van der Waals surface area contributed by atoms with Crippen LogP contribution in [0, 0.1) is 0 Å². The molecule has 0 aliphatic heterocycles. The minimum absolute atomic E-state index is 0.385. The van der Waals surface area contributed by atoms with E-state index < -0.39 is 0 Å². The van der Waals surface area contributed by atoms with Crippen molar-refractivity contribution in [1.29, 1.82) is 0 Å². The molecule has 0 spiro atoms. The molecule has 0 radical (unpaired) electrons. The molecule has 0 atom stereocenters. The van der Waals surface area contributed by atoms with Crippen LogP contribution in [0.5, 0.6) is 5.75 Å². The Morgan fingerprint density at radius 3 is 2.93 bits per heavy atom. The van der Waals surface area contributed by atoms with Gasteiger partial charge < -0.3 is 9.57 Å². The number of hydrogen-bond donors (Lipinski definition) is 1. The number of halogens is 1. The first-order valence-corrected chi connectivity index (χ1v) is 4.89. The summed E-state index contributed by atoms with van der Waals surface area (Å²) in [5, 5.41) is 0. The van der Waals surface area contributed by atoms with Crippen LogP contribution in [-0.4, -0.2) is 13.7 Å². The van der Waals surface area contributed by atoms with E-state index in [9.17, 15) is 0 Å². The highest BCUT2D eigenvalue weighted by atomic mass is 79.9. The van der Waals surface area contributed by atoms with E-state index >= 15 is 0 Å². The number of nitrogens with two attached hydrogens (primary N) is 1. The minimum atomic E-state index is 0.385. The summed E-state index contributed by atoms with van der Waals surface area (Å²) in [4.78, 5) is 4.43. The molecule has 1 aromatic rings. The Morgan fingerprint density at radius 1 is 1.50 bits per heavy atom. The summed E-state index contributed by atoms with van der Waals surface area (Å²) in [6, 6.07) is 5.79. The molecule has 0 unspecified atom stereocenters. The van der Waals surface area contributed by atoms with Crippen molar-refractivity contribution >= 4 is 22.0 Å². The monoisotopic (exact) mass is 257 g/mol. The van der Waals surface area contributed by atoms with Crippen molar-refractivity contribution in [3.05, 3.63) is 34.3 Å². The molecule has 0 fully saturated rings. The van der Waals surface area contributed by atoms with Gasteiger partial charge in [-0.05, 0) is 18.2 Å². The van der Waals surface area contributed by atoms with Crippen LogP contribution in [0.4, 0.5) is 0 Å². The summed E-state index contributed by atoms with van der Waals surface area (Å²) >= 11 is 3.39. The fourth-order valence-corrected chi connectivity index (χ4v) is 1.44. The number of methoxy groups -OCH3 is 1. The van der Waals surface area contributed by atoms with Crippen molar-refractivity contribution < 1.29 is 9.57 Å². The van der Waals surface area contributed by atoms with Crippen molar-refractivity contribution in [1.82, 2.24) is 0 Å². The van der Waals surface area contributed by atoms with E-state index in [1.807, 2.05) is 30.4 Å². The molecule has 0 saturated carbocycles. The average Bonchev–Trinajstić information content (AvgIpc) is 2.19. The smallest absolute Gasteiger partial charge is 0.126 e. The highest BCUT2D eigenvalue weighted by Gasteiger charge is 1.99. The maximum absolute atomic E-state index is 5.19. The summed E-state index contributed by atoms with van der Waals surface area (Å²) < 4.78 is 6.19. The van der Waals surface area contributed by atoms with E-state index in [2.05, 4.69) is 20.8 Å². The summed E-state index contributed by atoms with van der Waals surface area (Å²) in [5.74, 6) is 5.72. The summed E-state index contributed by atoms with van der Waals surface area (Å²) in [5.41, 5.74) is 0.985. The lowest BCUT2D eigenvalue weighted by molar-refractivity contribution is 0.168. The van der Waals surface area contributed by atoms with Crippen LogP contribution in [0.15, 0.2) is 28.7 Å². The highest BCUT2D eigenvalue weighted by molar-refractivity contribution is 9.10. The fourth-order valence-electron chi connectivity index (χ4n) is 1.07. The van der Waals surface area contributed by atoms with E-state index in [1.54, 1.807) is 7.11 Å². The zero-order chi connectivity index (χ0) is 10.4. The van der Waals surface area contributed by atoms with Gasteiger partial charge in [0, 0.05) is 10.0 Å². The summed E-state index contributed by atoms with van der Waals surface area (Å²) in [6.45, 7) is 0.385. The molecule has 0 bridgehead atoms. The lowest BCUT2D eigenvalue weighted by Gasteiger charge is -2.04. The van der Waals surface area contributed by atoms with Crippen LogP contribution in [-0.2, 0) is 4.84 Å². The molecule has 4 heteroatoms. The number of benzene rings is 1. The van der Waals surface area contributed by atoms with Crippen LogP contribution in [0.3, 0.4) is 0 Å². The van der Waals surface area contributed by atoms with Gasteiger partial charge in [0.25, 0.3) is 0 Å². The standard InChI is InChI=1S/C10H12BrNO2/c1-13-10-5-4-9(11)7-8(10)3-2-6-14-12/h2-5,7H,6,12H2,1H3/b3-2+. The molecule has 1 rings (SSSR count). The van der Waals surface area contributed by atoms with Crippen molar-refractivity contribution in [3.8, 4) is 5.75 Å². The molecule has 0 heterocycles. The molecule has 3 nitrogen and oxygen atoms in total. The molecule has 2 N–H and O–H groups in total. The quantitative estimate of drug-likeness (QED) is 0.843. The molecule has 0 saturated heterocycles. The van der Waals surface area contributed by atoms with E-state index in [0.717, 1.165) is 15.8 Å². The molecule has 1 aromatic carbocycles. The Morgan fingerprint density at radius 2 is 2.29 bits per heavy atom. The number of hydrogen-bond acceptors (Lipinski definition) is 3.